The normalized spacial score (nSPS) is 15.2. The molecule has 0 bridgehead atoms. The van der Waals surface area contributed by atoms with Crippen molar-refractivity contribution < 1.29 is 9.47 Å². The summed E-state index contributed by atoms with van der Waals surface area (Å²) < 4.78 is 13.5. The van der Waals surface area contributed by atoms with Crippen molar-refractivity contribution >= 4 is 21.4 Å². The van der Waals surface area contributed by atoms with Crippen molar-refractivity contribution in [2.75, 3.05) is 26.2 Å². The Kier molecular flexibility index (Phi) is 6.18. The summed E-state index contributed by atoms with van der Waals surface area (Å²) in [7, 11) is 0. The van der Waals surface area contributed by atoms with Crippen LogP contribution in [0.15, 0.2) is 48.5 Å². The lowest BCUT2D eigenvalue weighted by atomic mass is 10.1. The van der Waals surface area contributed by atoms with Crippen molar-refractivity contribution in [2.24, 2.45) is 0 Å². The summed E-state index contributed by atoms with van der Waals surface area (Å²) in [5, 5.41) is 1.19. The van der Waals surface area contributed by atoms with Crippen molar-refractivity contribution in [3.63, 3.8) is 0 Å². The Morgan fingerprint density at radius 2 is 1.64 bits per heavy atom. The SMILES string of the molecule is CC(C)c1sc2ccccc2c1Oc1ccc(OCCN2CCCCC2)cc1. The molecule has 1 aliphatic heterocycles. The molecule has 1 saturated heterocycles. The summed E-state index contributed by atoms with van der Waals surface area (Å²) in [6, 6.07) is 16.5. The molecule has 2 aromatic carbocycles. The molecular weight excluding hydrogens is 366 g/mol. The number of thiophene rings is 1. The van der Waals surface area contributed by atoms with Gasteiger partial charge in [-0.05, 0) is 68.2 Å². The second-order valence-corrected chi connectivity index (χ2v) is 8.85. The van der Waals surface area contributed by atoms with E-state index in [9.17, 15) is 0 Å². The van der Waals surface area contributed by atoms with Crippen molar-refractivity contribution in [1.82, 2.24) is 4.90 Å². The fourth-order valence-corrected chi connectivity index (χ4v) is 4.86. The van der Waals surface area contributed by atoms with Crippen molar-refractivity contribution in [2.45, 2.75) is 39.0 Å². The summed E-state index contributed by atoms with van der Waals surface area (Å²) in [5.41, 5.74) is 0. The largest absolute Gasteiger partial charge is 0.492 e. The summed E-state index contributed by atoms with van der Waals surface area (Å²) >= 11 is 1.82. The van der Waals surface area contributed by atoms with Gasteiger partial charge in [-0.1, -0.05) is 32.4 Å². The number of nitrogens with zero attached hydrogens (tertiary/aromatic N) is 1. The van der Waals surface area contributed by atoms with Gasteiger partial charge in [0.15, 0.2) is 0 Å². The minimum absolute atomic E-state index is 0.435. The number of hydrogen-bond acceptors (Lipinski definition) is 4. The summed E-state index contributed by atoms with van der Waals surface area (Å²) in [5.74, 6) is 3.19. The molecule has 0 unspecified atom stereocenters. The van der Waals surface area contributed by atoms with Crippen LogP contribution in [0.5, 0.6) is 17.2 Å². The standard InChI is InChI=1S/C24H29NO2S/c1-18(2)24-23(21-8-4-5-9-22(21)28-24)27-20-12-10-19(11-13-20)26-17-16-25-14-6-3-7-15-25/h4-5,8-13,18H,3,6-7,14-17H2,1-2H3. The Hall–Kier alpha value is -2.04. The van der Waals surface area contributed by atoms with Gasteiger partial charge >= 0.3 is 0 Å². The Balaban J connectivity index is 1.40. The maximum atomic E-state index is 6.33. The maximum Gasteiger partial charge on any atom is 0.149 e. The fraction of sp³-hybridized carbons (Fsp3) is 0.417. The monoisotopic (exact) mass is 395 g/mol. The highest BCUT2D eigenvalue weighted by atomic mass is 32.1. The van der Waals surface area contributed by atoms with Crippen LogP contribution in [0.25, 0.3) is 10.1 Å². The first kappa shape index (κ1) is 19.3. The van der Waals surface area contributed by atoms with E-state index in [-0.39, 0.29) is 0 Å². The topological polar surface area (TPSA) is 21.7 Å². The zero-order valence-corrected chi connectivity index (χ0v) is 17.6. The molecule has 0 radical (unpaired) electrons. The molecule has 28 heavy (non-hydrogen) atoms. The number of fused-ring (bicyclic) bond motifs is 1. The molecule has 3 aromatic rings. The number of benzene rings is 2. The number of hydrogen-bond donors (Lipinski definition) is 0. The van der Waals surface area contributed by atoms with Crippen LogP contribution in [-0.2, 0) is 0 Å². The molecule has 3 nitrogen and oxygen atoms in total. The zero-order chi connectivity index (χ0) is 19.3. The molecule has 4 heteroatoms. The van der Waals surface area contributed by atoms with Crippen LogP contribution in [0.4, 0.5) is 0 Å². The highest BCUT2D eigenvalue weighted by Crippen LogP contribution is 2.43. The number of piperidine rings is 1. The van der Waals surface area contributed by atoms with Gasteiger partial charge in [-0.2, -0.15) is 0 Å². The van der Waals surface area contributed by atoms with Crippen LogP contribution in [-0.4, -0.2) is 31.1 Å². The molecule has 2 heterocycles. The smallest absolute Gasteiger partial charge is 0.149 e. The number of rotatable bonds is 7. The van der Waals surface area contributed by atoms with Gasteiger partial charge in [0.1, 0.15) is 23.9 Å². The average Bonchev–Trinajstić information content (AvgIpc) is 3.09. The molecule has 0 amide bonds. The van der Waals surface area contributed by atoms with Gasteiger partial charge in [0.05, 0.1) is 4.88 Å². The quantitative estimate of drug-likeness (QED) is 0.445. The zero-order valence-electron chi connectivity index (χ0n) is 16.8. The van der Waals surface area contributed by atoms with E-state index in [1.807, 2.05) is 35.6 Å². The van der Waals surface area contributed by atoms with E-state index in [0.29, 0.717) is 5.92 Å². The van der Waals surface area contributed by atoms with Gasteiger partial charge in [-0.3, -0.25) is 4.90 Å². The van der Waals surface area contributed by atoms with E-state index >= 15 is 0 Å². The minimum Gasteiger partial charge on any atom is -0.492 e. The molecule has 0 aliphatic carbocycles. The van der Waals surface area contributed by atoms with Crippen LogP contribution in [0.3, 0.4) is 0 Å². The molecule has 0 N–H and O–H groups in total. The molecule has 0 spiro atoms. The van der Waals surface area contributed by atoms with Gasteiger partial charge < -0.3 is 9.47 Å². The Bertz CT molecular complexity index is 895. The second-order valence-electron chi connectivity index (χ2n) is 7.77. The lowest BCUT2D eigenvalue weighted by molar-refractivity contribution is 0.183. The molecule has 0 saturated carbocycles. The van der Waals surface area contributed by atoms with Crippen molar-refractivity contribution in [3.05, 3.63) is 53.4 Å². The first-order chi connectivity index (χ1) is 13.7. The third-order valence-electron chi connectivity index (χ3n) is 5.27. The molecule has 4 rings (SSSR count). The summed E-state index contributed by atoms with van der Waals surface area (Å²) in [4.78, 5) is 3.79. The van der Waals surface area contributed by atoms with E-state index < -0.39 is 0 Å². The van der Waals surface area contributed by atoms with Crippen LogP contribution in [0.1, 0.15) is 43.9 Å². The van der Waals surface area contributed by atoms with Crippen LogP contribution in [0, 0.1) is 0 Å². The molecule has 148 valence electrons. The molecule has 1 fully saturated rings. The Morgan fingerprint density at radius 3 is 2.39 bits per heavy atom. The number of likely N-dealkylation sites (tertiary alicyclic amines) is 1. The maximum absolute atomic E-state index is 6.33. The first-order valence-corrected chi connectivity index (χ1v) is 11.2. The first-order valence-electron chi connectivity index (χ1n) is 10.4. The predicted molar refractivity (Wildman–Crippen MR) is 118 cm³/mol. The molecule has 1 aromatic heterocycles. The van der Waals surface area contributed by atoms with Crippen LogP contribution >= 0.6 is 11.3 Å². The minimum atomic E-state index is 0.435. The molecular formula is C24H29NO2S. The lowest BCUT2D eigenvalue weighted by Crippen LogP contribution is -2.33. The molecule has 0 atom stereocenters. The van der Waals surface area contributed by atoms with Gasteiger partial charge in [0.25, 0.3) is 0 Å². The Morgan fingerprint density at radius 1 is 0.929 bits per heavy atom. The van der Waals surface area contributed by atoms with E-state index in [4.69, 9.17) is 9.47 Å². The Labute approximate surface area is 171 Å². The van der Waals surface area contributed by atoms with Gasteiger partial charge in [-0.25, -0.2) is 0 Å². The third kappa shape index (κ3) is 4.50. The van der Waals surface area contributed by atoms with E-state index in [1.165, 1.54) is 47.3 Å². The van der Waals surface area contributed by atoms with E-state index in [1.54, 1.807) is 0 Å². The van der Waals surface area contributed by atoms with Gasteiger partial charge in [0.2, 0.25) is 0 Å². The third-order valence-corrected chi connectivity index (χ3v) is 6.72. The van der Waals surface area contributed by atoms with Gasteiger partial charge in [-0.15, -0.1) is 11.3 Å². The highest BCUT2D eigenvalue weighted by Gasteiger charge is 2.17. The fourth-order valence-electron chi connectivity index (χ4n) is 3.72. The van der Waals surface area contributed by atoms with E-state index in [0.717, 1.165) is 30.4 Å². The van der Waals surface area contributed by atoms with Crippen LogP contribution < -0.4 is 9.47 Å². The number of ether oxygens (including phenoxy) is 2. The summed E-state index contributed by atoms with van der Waals surface area (Å²) in [6.45, 7) is 8.61. The van der Waals surface area contributed by atoms with Crippen molar-refractivity contribution in [3.8, 4) is 17.2 Å². The highest BCUT2D eigenvalue weighted by molar-refractivity contribution is 7.19. The van der Waals surface area contributed by atoms with Crippen LogP contribution in [0.2, 0.25) is 0 Å². The average molecular weight is 396 g/mol. The second kappa shape index (κ2) is 8.97. The van der Waals surface area contributed by atoms with Crippen molar-refractivity contribution in [1.29, 1.82) is 0 Å². The predicted octanol–water partition coefficient (Wildman–Crippen LogP) is 6.68. The summed E-state index contributed by atoms with van der Waals surface area (Å²) in [6.07, 6.45) is 4.01. The lowest BCUT2D eigenvalue weighted by Gasteiger charge is -2.26. The van der Waals surface area contributed by atoms with Gasteiger partial charge in [0, 0.05) is 16.6 Å². The van der Waals surface area contributed by atoms with E-state index in [2.05, 4.69) is 43.0 Å². The molecule has 1 aliphatic rings.